The molecule has 144 valence electrons. The second-order valence-electron chi connectivity index (χ2n) is 6.90. The number of pyridine rings is 1. The van der Waals surface area contributed by atoms with Crippen LogP contribution in [0.1, 0.15) is 29.8 Å². The van der Waals surface area contributed by atoms with Gasteiger partial charge in [0.05, 0.1) is 29.2 Å². The number of aromatic nitrogens is 1. The molecule has 0 unspecified atom stereocenters. The summed E-state index contributed by atoms with van der Waals surface area (Å²) in [5.74, 6) is 0.683. The highest BCUT2D eigenvalue weighted by Crippen LogP contribution is 2.28. The first kappa shape index (κ1) is 19.4. The van der Waals surface area contributed by atoms with Crippen molar-refractivity contribution in [3.05, 3.63) is 84.2 Å². The molecular formula is C23H25N3O2. The van der Waals surface area contributed by atoms with Gasteiger partial charge in [0.15, 0.2) is 0 Å². The van der Waals surface area contributed by atoms with Crippen molar-refractivity contribution >= 4 is 17.3 Å². The molecule has 0 radical (unpaired) electrons. The molecule has 1 aromatic heterocycles. The summed E-state index contributed by atoms with van der Waals surface area (Å²) in [5, 5.41) is 3.30. The van der Waals surface area contributed by atoms with Gasteiger partial charge in [-0.3, -0.25) is 9.78 Å². The number of carbonyl (C=O) groups is 1. The van der Waals surface area contributed by atoms with Crippen LogP contribution in [0.15, 0.2) is 73.1 Å². The van der Waals surface area contributed by atoms with Gasteiger partial charge in [0, 0.05) is 19.8 Å². The minimum atomic E-state index is -0.0771. The number of anilines is 2. The average molecular weight is 375 g/mol. The van der Waals surface area contributed by atoms with E-state index in [0.29, 0.717) is 12.1 Å². The predicted octanol–water partition coefficient (Wildman–Crippen LogP) is 4.88. The average Bonchev–Trinajstić information content (AvgIpc) is 2.69. The van der Waals surface area contributed by atoms with Crippen molar-refractivity contribution in [2.24, 2.45) is 0 Å². The fourth-order valence-corrected chi connectivity index (χ4v) is 2.86. The van der Waals surface area contributed by atoms with E-state index in [4.69, 9.17) is 4.74 Å². The molecule has 0 aliphatic carbocycles. The van der Waals surface area contributed by atoms with Crippen molar-refractivity contribution in [2.75, 3.05) is 12.4 Å². The van der Waals surface area contributed by atoms with Crippen LogP contribution in [0.2, 0.25) is 0 Å². The lowest BCUT2D eigenvalue weighted by molar-refractivity contribution is 0.0784. The molecule has 0 spiro atoms. The third-order valence-electron chi connectivity index (χ3n) is 4.12. The fourth-order valence-electron chi connectivity index (χ4n) is 2.86. The van der Waals surface area contributed by atoms with E-state index in [-0.39, 0.29) is 12.0 Å². The normalized spacial score (nSPS) is 10.6. The first-order chi connectivity index (χ1) is 13.5. The first-order valence-electron chi connectivity index (χ1n) is 9.30. The number of nitrogens with zero attached hydrogens (tertiary/aromatic N) is 2. The molecule has 0 atom stereocenters. The smallest absolute Gasteiger partial charge is 0.255 e. The van der Waals surface area contributed by atoms with Gasteiger partial charge in [-0.25, -0.2) is 0 Å². The van der Waals surface area contributed by atoms with Crippen LogP contribution in [-0.2, 0) is 6.54 Å². The molecule has 1 amide bonds. The minimum absolute atomic E-state index is 0.0700. The highest BCUT2D eigenvalue weighted by Gasteiger charge is 2.14. The molecule has 1 N–H and O–H groups in total. The molecule has 3 aromatic rings. The Morgan fingerprint density at radius 2 is 1.79 bits per heavy atom. The summed E-state index contributed by atoms with van der Waals surface area (Å²) in [6.45, 7) is 4.52. The summed E-state index contributed by atoms with van der Waals surface area (Å²) < 4.78 is 5.84. The summed E-state index contributed by atoms with van der Waals surface area (Å²) in [6, 6.07) is 19.4. The zero-order valence-corrected chi connectivity index (χ0v) is 16.4. The predicted molar refractivity (Wildman–Crippen MR) is 112 cm³/mol. The number of rotatable bonds is 7. The van der Waals surface area contributed by atoms with E-state index in [1.54, 1.807) is 24.3 Å². The minimum Gasteiger partial charge on any atom is -0.489 e. The molecule has 0 aliphatic heterocycles. The van der Waals surface area contributed by atoms with E-state index in [9.17, 15) is 4.79 Å². The van der Waals surface area contributed by atoms with Crippen LogP contribution < -0.4 is 10.1 Å². The Balaban J connectivity index is 1.74. The van der Waals surface area contributed by atoms with E-state index in [0.717, 1.165) is 22.7 Å². The number of benzene rings is 2. The molecule has 3 rings (SSSR count). The summed E-state index contributed by atoms with van der Waals surface area (Å²) in [7, 11) is 1.79. The molecule has 0 saturated heterocycles. The van der Waals surface area contributed by atoms with Crippen molar-refractivity contribution in [3.8, 4) is 5.75 Å². The maximum Gasteiger partial charge on any atom is 0.255 e. The molecule has 5 nitrogen and oxygen atoms in total. The summed E-state index contributed by atoms with van der Waals surface area (Å²) in [6.07, 6.45) is 3.35. The zero-order valence-electron chi connectivity index (χ0n) is 16.4. The maximum absolute atomic E-state index is 12.8. The van der Waals surface area contributed by atoms with E-state index in [2.05, 4.69) is 10.3 Å². The molecule has 2 aromatic carbocycles. The summed E-state index contributed by atoms with van der Waals surface area (Å²) >= 11 is 0. The Labute approximate surface area is 166 Å². The van der Waals surface area contributed by atoms with Crippen LogP contribution in [-0.4, -0.2) is 28.9 Å². The number of amides is 1. The van der Waals surface area contributed by atoms with Gasteiger partial charge in [-0.1, -0.05) is 42.5 Å². The van der Waals surface area contributed by atoms with E-state index < -0.39 is 0 Å². The van der Waals surface area contributed by atoms with Crippen molar-refractivity contribution in [1.29, 1.82) is 0 Å². The summed E-state index contributed by atoms with van der Waals surface area (Å²) in [5.41, 5.74) is 3.19. The van der Waals surface area contributed by atoms with E-state index >= 15 is 0 Å². The van der Waals surface area contributed by atoms with Gasteiger partial charge >= 0.3 is 0 Å². The molecule has 0 bridgehead atoms. The number of nitrogens with one attached hydrogen (secondary N) is 1. The Hall–Kier alpha value is -3.34. The Bertz CT molecular complexity index is 926. The van der Waals surface area contributed by atoms with Gasteiger partial charge in [0.1, 0.15) is 5.75 Å². The van der Waals surface area contributed by atoms with Gasteiger partial charge < -0.3 is 15.0 Å². The number of hydrogen-bond acceptors (Lipinski definition) is 4. The Kier molecular flexibility index (Phi) is 6.27. The van der Waals surface area contributed by atoms with Crippen molar-refractivity contribution < 1.29 is 9.53 Å². The largest absolute Gasteiger partial charge is 0.489 e. The van der Waals surface area contributed by atoms with Gasteiger partial charge in [0.2, 0.25) is 0 Å². The van der Waals surface area contributed by atoms with Crippen LogP contribution in [0, 0.1) is 0 Å². The van der Waals surface area contributed by atoms with Gasteiger partial charge in [-0.2, -0.15) is 0 Å². The molecule has 5 heteroatoms. The first-order valence-corrected chi connectivity index (χ1v) is 9.30. The SMILES string of the molecule is CC(C)Oc1ccccc1Nc1cncc(C(=O)N(C)Cc2ccccc2)c1. The maximum atomic E-state index is 12.8. The monoisotopic (exact) mass is 375 g/mol. The standard InChI is InChI=1S/C23H25N3O2/c1-17(2)28-22-12-8-7-11-21(22)25-20-13-19(14-24-15-20)23(27)26(3)16-18-9-5-4-6-10-18/h4-15,17,25H,16H2,1-3H3. The third kappa shape index (κ3) is 5.10. The Morgan fingerprint density at radius 1 is 1.07 bits per heavy atom. The van der Waals surface area contributed by atoms with Crippen LogP contribution in [0.25, 0.3) is 0 Å². The zero-order chi connectivity index (χ0) is 19.9. The number of carbonyl (C=O) groups excluding carboxylic acids is 1. The molecule has 1 heterocycles. The van der Waals surface area contributed by atoms with Crippen LogP contribution in [0.3, 0.4) is 0 Å². The lowest BCUT2D eigenvalue weighted by Gasteiger charge is -2.18. The number of para-hydroxylation sites is 2. The highest BCUT2D eigenvalue weighted by atomic mass is 16.5. The van der Waals surface area contributed by atoms with Gasteiger partial charge in [-0.15, -0.1) is 0 Å². The topological polar surface area (TPSA) is 54.5 Å². The van der Waals surface area contributed by atoms with Crippen LogP contribution in [0.4, 0.5) is 11.4 Å². The second kappa shape index (κ2) is 9.04. The lowest BCUT2D eigenvalue weighted by Crippen LogP contribution is -2.26. The number of hydrogen-bond donors (Lipinski definition) is 1. The van der Waals surface area contributed by atoms with Crippen LogP contribution in [0.5, 0.6) is 5.75 Å². The molecular weight excluding hydrogens is 350 g/mol. The quantitative estimate of drug-likeness (QED) is 0.639. The van der Waals surface area contributed by atoms with E-state index in [1.165, 1.54) is 0 Å². The molecule has 28 heavy (non-hydrogen) atoms. The second-order valence-corrected chi connectivity index (χ2v) is 6.90. The summed E-state index contributed by atoms with van der Waals surface area (Å²) in [4.78, 5) is 18.7. The van der Waals surface area contributed by atoms with Crippen LogP contribution >= 0.6 is 0 Å². The van der Waals surface area contributed by atoms with Gasteiger partial charge in [0.25, 0.3) is 5.91 Å². The van der Waals surface area contributed by atoms with Crippen molar-refractivity contribution in [2.45, 2.75) is 26.5 Å². The van der Waals surface area contributed by atoms with Crippen molar-refractivity contribution in [3.63, 3.8) is 0 Å². The molecule has 0 aliphatic rings. The number of ether oxygens (including phenoxy) is 1. The lowest BCUT2D eigenvalue weighted by atomic mass is 10.2. The fraction of sp³-hybridized carbons (Fsp3) is 0.217. The Morgan fingerprint density at radius 3 is 2.54 bits per heavy atom. The highest BCUT2D eigenvalue weighted by molar-refractivity contribution is 5.94. The van der Waals surface area contributed by atoms with E-state index in [1.807, 2.05) is 74.5 Å². The van der Waals surface area contributed by atoms with Crippen molar-refractivity contribution in [1.82, 2.24) is 9.88 Å². The molecule has 0 saturated carbocycles. The van der Waals surface area contributed by atoms with Gasteiger partial charge in [-0.05, 0) is 37.6 Å². The third-order valence-corrected chi connectivity index (χ3v) is 4.12. The molecule has 0 fully saturated rings.